The normalized spacial score (nSPS) is 18.8. The topological polar surface area (TPSA) is 54.5 Å². The van der Waals surface area contributed by atoms with Gasteiger partial charge in [0, 0.05) is 31.6 Å². The third-order valence-electron chi connectivity index (χ3n) is 5.57. The summed E-state index contributed by atoms with van der Waals surface area (Å²) >= 11 is 5.98. The van der Waals surface area contributed by atoms with Crippen molar-refractivity contribution in [3.8, 4) is 5.88 Å². The number of hydrogen-bond acceptors (Lipinski definition) is 4. The minimum atomic E-state index is -0.496. The van der Waals surface area contributed by atoms with E-state index in [0.717, 1.165) is 32.1 Å². The predicted molar refractivity (Wildman–Crippen MR) is 124 cm³/mol. The van der Waals surface area contributed by atoms with Gasteiger partial charge in [-0.05, 0) is 36.2 Å². The van der Waals surface area contributed by atoms with Crippen LogP contribution in [0.25, 0.3) is 0 Å². The molecule has 32 heavy (non-hydrogen) atoms. The average Bonchev–Trinajstić information content (AvgIpc) is 2.76. The number of halogens is 2. The van der Waals surface area contributed by atoms with Crippen molar-refractivity contribution in [1.82, 2.24) is 9.88 Å². The van der Waals surface area contributed by atoms with Gasteiger partial charge in [-0.3, -0.25) is 9.69 Å². The molecule has 166 valence electrons. The molecule has 1 fully saturated rings. The molecule has 3 aromatic rings. The number of anilines is 1. The molecule has 0 bridgehead atoms. The van der Waals surface area contributed by atoms with Crippen LogP contribution in [0.5, 0.6) is 5.88 Å². The van der Waals surface area contributed by atoms with Crippen molar-refractivity contribution in [2.24, 2.45) is 5.92 Å². The summed E-state index contributed by atoms with van der Waals surface area (Å²) in [5.74, 6) is 0.195. The smallest absolute Gasteiger partial charge is 0.258 e. The molecule has 0 spiro atoms. The van der Waals surface area contributed by atoms with Crippen molar-refractivity contribution in [1.29, 1.82) is 0 Å². The predicted octanol–water partition coefficient (Wildman–Crippen LogP) is 5.42. The van der Waals surface area contributed by atoms with Gasteiger partial charge in [0.05, 0.1) is 10.6 Å². The zero-order valence-electron chi connectivity index (χ0n) is 17.8. The van der Waals surface area contributed by atoms with Gasteiger partial charge in [-0.15, -0.1) is 0 Å². The molecule has 2 atom stereocenters. The molecule has 1 saturated heterocycles. The fraction of sp³-hybridized carbons (Fsp3) is 0.280. The number of nitrogens with one attached hydrogen (secondary N) is 1. The van der Waals surface area contributed by atoms with E-state index in [1.165, 1.54) is 17.7 Å². The quantitative estimate of drug-likeness (QED) is 0.541. The molecule has 1 aromatic heterocycles. The van der Waals surface area contributed by atoms with Gasteiger partial charge >= 0.3 is 0 Å². The number of likely N-dealkylation sites (tertiary alicyclic amines) is 1. The van der Waals surface area contributed by atoms with Crippen molar-refractivity contribution >= 4 is 23.3 Å². The van der Waals surface area contributed by atoms with Gasteiger partial charge < -0.3 is 10.1 Å². The summed E-state index contributed by atoms with van der Waals surface area (Å²) in [6, 6.07) is 19.3. The Kier molecular flexibility index (Phi) is 7.02. The maximum atomic E-state index is 13.2. The Morgan fingerprint density at radius 2 is 2.00 bits per heavy atom. The van der Waals surface area contributed by atoms with Gasteiger partial charge in [-0.2, -0.15) is 4.98 Å². The SMILES string of the molecule is CC1CN(Cc2ccccc2)CC[C@@H]1Oc1cccc(NC(=O)c2ccc(F)cc2Cl)n1. The lowest BCUT2D eigenvalue weighted by Gasteiger charge is -2.36. The number of hydrogen-bond donors (Lipinski definition) is 1. The lowest BCUT2D eigenvalue weighted by Crippen LogP contribution is -2.44. The highest BCUT2D eigenvalue weighted by Crippen LogP contribution is 2.24. The molecule has 2 heterocycles. The number of piperidine rings is 1. The number of nitrogens with zero attached hydrogens (tertiary/aromatic N) is 2. The van der Waals surface area contributed by atoms with Gasteiger partial charge in [0.1, 0.15) is 17.7 Å². The summed E-state index contributed by atoms with van der Waals surface area (Å²) in [6.45, 7) is 5.01. The molecule has 5 nitrogen and oxygen atoms in total. The van der Waals surface area contributed by atoms with Crippen molar-refractivity contribution in [3.05, 3.63) is 88.7 Å². The van der Waals surface area contributed by atoms with Crippen LogP contribution in [0.2, 0.25) is 5.02 Å². The van der Waals surface area contributed by atoms with Gasteiger partial charge in [0.15, 0.2) is 0 Å². The number of benzene rings is 2. The maximum absolute atomic E-state index is 13.2. The van der Waals surface area contributed by atoms with E-state index in [4.69, 9.17) is 16.3 Å². The Labute approximate surface area is 192 Å². The highest BCUT2D eigenvalue weighted by Gasteiger charge is 2.28. The Morgan fingerprint density at radius 3 is 2.75 bits per heavy atom. The summed E-state index contributed by atoms with van der Waals surface area (Å²) in [5, 5.41) is 2.74. The van der Waals surface area contributed by atoms with Crippen LogP contribution in [-0.2, 0) is 6.54 Å². The first-order valence-electron chi connectivity index (χ1n) is 10.6. The highest BCUT2D eigenvalue weighted by atomic mass is 35.5. The number of pyridine rings is 1. The molecule has 1 aliphatic heterocycles. The van der Waals surface area contributed by atoms with Gasteiger partial charge in [0.25, 0.3) is 5.91 Å². The van der Waals surface area contributed by atoms with Crippen LogP contribution in [0.1, 0.15) is 29.3 Å². The first-order valence-corrected chi connectivity index (χ1v) is 11.0. The number of aromatic nitrogens is 1. The van der Waals surface area contributed by atoms with Gasteiger partial charge in [0.2, 0.25) is 5.88 Å². The monoisotopic (exact) mass is 453 g/mol. The van der Waals surface area contributed by atoms with Crippen LogP contribution >= 0.6 is 11.6 Å². The van der Waals surface area contributed by atoms with E-state index in [-0.39, 0.29) is 16.7 Å². The second-order valence-electron chi connectivity index (χ2n) is 8.08. The van der Waals surface area contributed by atoms with Crippen LogP contribution < -0.4 is 10.1 Å². The minimum Gasteiger partial charge on any atom is -0.474 e. The largest absolute Gasteiger partial charge is 0.474 e. The summed E-state index contributed by atoms with van der Waals surface area (Å²) < 4.78 is 19.4. The Balaban J connectivity index is 1.35. The lowest BCUT2D eigenvalue weighted by molar-refractivity contribution is 0.0462. The van der Waals surface area contributed by atoms with Crippen LogP contribution in [0, 0.1) is 11.7 Å². The molecule has 1 N–H and O–H groups in total. The third-order valence-corrected chi connectivity index (χ3v) is 5.89. The Morgan fingerprint density at radius 1 is 1.19 bits per heavy atom. The molecular weight excluding hydrogens is 429 g/mol. The Hall–Kier alpha value is -2.96. The lowest BCUT2D eigenvalue weighted by atomic mass is 9.96. The van der Waals surface area contributed by atoms with Crippen molar-refractivity contribution in [2.75, 3.05) is 18.4 Å². The third kappa shape index (κ3) is 5.64. The zero-order chi connectivity index (χ0) is 22.5. The van der Waals surface area contributed by atoms with Crippen LogP contribution in [0.15, 0.2) is 66.7 Å². The zero-order valence-corrected chi connectivity index (χ0v) is 18.6. The van der Waals surface area contributed by atoms with Crippen LogP contribution in [0.3, 0.4) is 0 Å². The number of amides is 1. The van der Waals surface area contributed by atoms with E-state index < -0.39 is 11.7 Å². The standard InChI is InChI=1S/C25H25ClFN3O2/c1-17-15-30(16-18-6-3-2-4-7-18)13-12-22(17)32-24-9-5-8-23(28-24)29-25(31)20-11-10-19(27)14-21(20)26/h2-11,14,17,22H,12-13,15-16H2,1H3,(H,28,29,31)/t17?,22-/m0/s1. The molecule has 4 rings (SSSR count). The molecule has 1 aliphatic rings. The summed E-state index contributed by atoms with van der Waals surface area (Å²) in [7, 11) is 0. The summed E-state index contributed by atoms with van der Waals surface area (Å²) in [6.07, 6.45) is 0.948. The number of carbonyl (C=O) groups excluding carboxylic acids is 1. The van der Waals surface area contributed by atoms with Crippen molar-refractivity contribution in [2.45, 2.75) is 26.0 Å². The molecule has 1 unspecified atom stereocenters. The van der Waals surface area contributed by atoms with Crippen LogP contribution in [-0.4, -0.2) is 35.0 Å². The van der Waals surface area contributed by atoms with Crippen molar-refractivity contribution in [3.63, 3.8) is 0 Å². The molecule has 2 aromatic carbocycles. The number of rotatable bonds is 6. The highest BCUT2D eigenvalue weighted by molar-refractivity contribution is 6.34. The van der Waals surface area contributed by atoms with Crippen LogP contribution in [0.4, 0.5) is 10.2 Å². The van der Waals surface area contributed by atoms with Gasteiger partial charge in [-0.1, -0.05) is 54.9 Å². The fourth-order valence-electron chi connectivity index (χ4n) is 3.93. The van der Waals surface area contributed by atoms with E-state index in [0.29, 0.717) is 17.6 Å². The number of carbonyl (C=O) groups is 1. The summed E-state index contributed by atoms with van der Waals surface area (Å²) in [5.41, 5.74) is 1.49. The Bertz CT molecular complexity index is 1080. The molecule has 1 amide bonds. The first kappa shape index (κ1) is 22.2. The average molecular weight is 454 g/mol. The van der Waals surface area contributed by atoms with E-state index >= 15 is 0 Å². The molecule has 0 radical (unpaired) electrons. The molecule has 0 aliphatic carbocycles. The van der Waals surface area contributed by atoms with Crippen molar-refractivity contribution < 1.29 is 13.9 Å². The van der Waals surface area contributed by atoms with E-state index in [1.807, 2.05) is 6.07 Å². The molecule has 7 heteroatoms. The van der Waals surface area contributed by atoms with E-state index in [1.54, 1.807) is 18.2 Å². The molecule has 0 saturated carbocycles. The second-order valence-corrected chi connectivity index (χ2v) is 8.49. The van der Waals surface area contributed by atoms with E-state index in [9.17, 15) is 9.18 Å². The number of ether oxygens (including phenoxy) is 1. The first-order chi connectivity index (χ1) is 15.5. The summed E-state index contributed by atoms with van der Waals surface area (Å²) in [4.78, 5) is 19.3. The maximum Gasteiger partial charge on any atom is 0.258 e. The molecular formula is C25H25ClFN3O2. The second kappa shape index (κ2) is 10.1. The van der Waals surface area contributed by atoms with Gasteiger partial charge in [-0.25, -0.2) is 4.39 Å². The fourth-order valence-corrected chi connectivity index (χ4v) is 4.19. The van der Waals surface area contributed by atoms with E-state index in [2.05, 4.69) is 46.4 Å². The minimum absolute atomic E-state index is 0.0472.